The first-order valence-electron chi connectivity index (χ1n) is 7.72. The van der Waals surface area contributed by atoms with Crippen LogP contribution in [-0.2, 0) is 0 Å². The topological polar surface area (TPSA) is 65.0 Å². The molecule has 1 aliphatic rings. The van der Waals surface area contributed by atoms with Gasteiger partial charge in [-0.05, 0) is 31.7 Å². The van der Waals surface area contributed by atoms with Gasteiger partial charge in [-0.15, -0.1) is 11.3 Å². The van der Waals surface area contributed by atoms with Gasteiger partial charge >= 0.3 is 5.97 Å². The number of methoxy groups -OCH3 is 2. The standard InChI is InChI=1S/C17H20O5S/c1-20-12-8-11-14(9-13(12)21-2)23-16(17(18)19)15(11)22-10-6-4-3-5-7-10/h8-10H,3-7H2,1-2H3,(H,18,19). The lowest BCUT2D eigenvalue weighted by molar-refractivity contribution is 0.0693. The molecule has 0 amide bonds. The molecule has 5 nitrogen and oxygen atoms in total. The lowest BCUT2D eigenvalue weighted by Crippen LogP contribution is -2.20. The molecule has 1 N–H and O–H groups in total. The number of carboxylic acid groups (broad SMARTS) is 1. The third-order valence-electron chi connectivity index (χ3n) is 4.18. The van der Waals surface area contributed by atoms with Gasteiger partial charge in [0.2, 0.25) is 0 Å². The van der Waals surface area contributed by atoms with Crippen LogP contribution < -0.4 is 14.2 Å². The van der Waals surface area contributed by atoms with Crippen molar-refractivity contribution in [3.8, 4) is 17.2 Å². The van der Waals surface area contributed by atoms with E-state index in [-0.39, 0.29) is 11.0 Å². The van der Waals surface area contributed by atoms with E-state index in [1.165, 1.54) is 17.8 Å². The van der Waals surface area contributed by atoms with Crippen LogP contribution in [0.3, 0.4) is 0 Å². The maximum absolute atomic E-state index is 11.6. The molecule has 0 spiro atoms. The number of benzene rings is 1. The van der Waals surface area contributed by atoms with E-state index in [1.54, 1.807) is 26.4 Å². The van der Waals surface area contributed by atoms with Crippen molar-refractivity contribution in [2.45, 2.75) is 38.2 Å². The van der Waals surface area contributed by atoms with Gasteiger partial charge in [-0.1, -0.05) is 6.42 Å². The number of carboxylic acids is 1. The minimum absolute atomic E-state index is 0.0905. The lowest BCUT2D eigenvalue weighted by atomic mass is 9.98. The Kier molecular flexibility index (Phi) is 4.61. The normalized spacial score (nSPS) is 15.6. The van der Waals surface area contributed by atoms with Crippen molar-refractivity contribution in [2.24, 2.45) is 0 Å². The zero-order chi connectivity index (χ0) is 16.4. The molecule has 0 unspecified atom stereocenters. The van der Waals surface area contributed by atoms with E-state index >= 15 is 0 Å². The van der Waals surface area contributed by atoms with Crippen LogP contribution in [0.1, 0.15) is 41.8 Å². The quantitative estimate of drug-likeness (QED) is 0.880. The molecule has 3 rings (SSSR count). The van der Waals surface area contributed by atoms with Gasteiger partial charge in [-0.3, -0.25) is 0 Å². The van der Waals surface area contributed by atoms with Crippen molar-refractivity contribution in [1.82, 2.24) is 0 Å². The molecule has 1 aromatic heterocycles. The summed E-state index contributed by atoms with van der Waals surface area (Å²) in [5.74, 6) is 0.658. The number of thiophene rings is 1. The van der Waals surface area contributed by atoms with Crippen LogP contribution in [0.25, 0.3) is 10.1 Å². The number of hydrogen-bond acceptors (Lipinski definition) is 5. The fourth-order valence-corrected chi connectivity index (χ4v) is 3.99. The van der Waals surface area contributed by atoms with E-state index in [2.05, 4.69) is 0 Å². The molecule has 0 saturated heterocycles. The van der Waals surface area contributed by atoms with Crippen LogP contribution in [0.15, 0.2) is 12.1 Å². The number of aromatic carboxylic acids is 1. The summed E-state index contributed by atoms with van der Waals surface area (Å²) >= 11 is 1.21. The number of rotatable bonds is 5. The highest BCUT2D eigenvalue weighted by molar-refractivity contribution is 7.21. The molecule has 0 aliphatic heterocycles. The number of carbonyl (C=O) groups is 1. The molecule has 2 aromatic rings. The average molecular weight is 336 g/mol. The number of fused-ring (bicyclic) bond motifs is 1. The second kappa shape index (κ2) is 6.66. The Morgan fingerprint density at radius 3 is 2.39 bits per heavy atom. The zero-order valence-electron chi connectivity index (χ0n) is 13.3. The van der Waals surface area contributed by atoms with Gasteiger partial charge in [0, 0.05) is 16.2 Å². The Morgan fingerprint density at radius 1 is 1.13 bits per heavy atom. The van der Waals surface area contributed by atoms with Crippen molar-refractivity contribution in [2.75, 3.05) is 14.2 Å². The highest BCUT2D eigenvalue weighted by Gasteiger charge is 2.25. The van der Waals surface area contributed by atoms with Gasteiger partial charge in [-0.2, -0.15) is 0 Å². The largest absolute Gasteiger partial charge is 0.493 e. The third kappa shape index (κ3) is 3.08. The van der Waals surface area contributed by atoms with Crippen molar-refractivity contribution in [3.05, 3.63) is 17.0 Å². The smallest absolute Gasteiger partial charge is 0.349 e. The molecule has 1 aliphatic carbocycles. The van der Waals surface area contributed by atoms with E-state index in [0.717, 1.165) is 35.8 Å². The van der Waals surface area contributed by atoms with Crippen LogP contribution in [0.5, 0.6) is 17.2 Å². The van der Waals surface area contributed by atoms with E-state index in [4.69, 9.17) is 14.2 Å². The second-order valence-electron chi connectivity index (χ2n) is 5.65. The van der Waals surface area contributed by atoms with Crippen LogP contribution in [0, 0.1) is 0 Å². The molecule has 1 aromatic carbocycles. The molecule has 6 heteroatoms. The van der Waals surface area contributed by atoms with Gasteiger partial charge in [-0.25, -0.2) is 4.79 Å². The van der Waals surface area contributed by atoms with Crippen LogP contribution in [0.2, 0.25) is 0 Å². The van der Waals surface area contributed by atoms with Gasteiger partial charge < -0.3 is 19.3 Å². The second-order valence-corrected chi connectivity index (χ2v) is 6.70. The Balaban J connectivity index is 2.08. The molecule has 0 radical (unpaired) electrons. The zero-order valence-corrected chi connectivity index (χ0v) is 14.1. The van der Waals surface area contributed by atoms with E-state index in [9.17, 15) is 9.90 Å². The Morgan fingerprint density at radius 2 is 1.78 bits per heavy atom. The highest BCUT2D eigenvalue weighted by Crippen LogP contribution is 2.44. The molecule has 0 atom stereocenters. The van der Waals surface area contributed by atoms with Gasteiger partial charge in [0.1, 0.15) is 0 Å². The predicted molar refractivity (Wildman–Crippen MR) is 89.4 cm³/mol. The van der Waals surface area contributed by atoms with Crippen molar-refractivity contribution in [1.29, 1.82) is 0 Å². The van der Waals surface area contributed by atoms with Gasteiger partial charge in [0.25, 0.3) is 0 Å². The minimum Gasteiger partial charge on any atom is -0.493 e. The SMILES string of the molecule is COc1cc2sc(C(=O)O)c(OC3CCCCC3)c2cc1OC. The molecule has 1 saturated carbocycles. The molecular weight excluding hydrogens is 316 g/mol. The van der Waals surface area contributed by atoms with Crippen LogP contribution in [0.4, 0.5) is 0 Å². The van der Waals surface area contributed by atoms with Crippen LogP contribution in [-0.4, -0.2) is 31.4 Å². The Labute approximate surface area is 138 Å². The summed E-state index contributed by atoms with van der Waals surface area (Å²) in [5, 5.41) is 10.3. The summed E-state index contributed by atoms with van der Waals surface area (Å²) in [6.45, 7) is 0. The van der Waals surface area contributed by atoms with E-state index in [1.807, 2.05) is 0 Å². The summed E-state index contributed by atoms with van der Waals surface area (Å²) in [5.41, 5.74) is 0. The van der Waals surface area contributed by atoms with E-state index in [0.29, 0.717) is 17.2 Å². The lowest BCUT2D eigenvalue weighted by Gasteiger charge is -2.23. The van der Waals surface area contributed by atoms with Crippen molar-refractivity contribution >= 4 is 27.4 Å². The molecule has 1 fully saturated rings. The first-order chi connectivity index (χ1) is 11.1. The number of ether oxygens (including phenoxy) is 3. The average Bonchev–Trinajstić information content (AvgIpc) is 2.92. The molecule has 1 heterocycles. The molecule has 23 heavy (non-hydrogen) atoms. The summed E-state index contributed by atoms with van der Waals surface area (Å²) in [6.07, 6.45) is 5.53. The molecular formula is C17H20O5S. The maximum atomic E-state index is 11.6. The summed E-state index contributed by atoms with van der Waals surface area (Å²) in [4.78, 5) is 11.8. The first-order valence-corrected chi connectivity index (χ1v) is 8.54. The monoisotopic (exact) mass is 336 g/mol. The first kappa shape index (κ1) is 15.9. The highest BCUT2D eigenvalue weighted by atomic mass is 32.1. The summed E-state index contributed by atoms with van der Waals surface area (Å²) in [7, 11) is 3.13. The fourth-order valence-electron chi connectivity index (χ4n) is 3.01. The third-order valence-corrected chi connectivity index (χ3v) is 5.30. The van der Waals surface area contributed by atoms with Crippen molar-refractivity contribution in [3.63, 3.8) is 0 Å². The number of hydrogen-bond donors (Lipinski definition) is 1. The summed E-state index contributed by atoms with van der Waals surface area (Å²) in [6, 6.07) is 3.61. The van der Waals surface area contributed by atoms with Crippen molar-refractivity contribution < 1.29 is 24.1 Å². The summed E-state index contributed by atoms with van der Waals surface area (Å²) < 4.78 is 17.6. The Bertz CT molecular complexity index is 715. The fraction of sp³-hybridized carbons (Fsp3) is 0.471. The maximum Gasteiger partial charge on any atom is 0.349 e. The van der Waals surface area contributed by atoms with Crippen LogP contribution >= 0.6 is 11.3 Å². The van der Waals surface area contributed by atoms with Gasteiger partial charge in [0.15, 0.2) is 22.1 Å². The van der Waals surface area contributed by atoms with Gasteiger partial charge in [0.05, 0.1) is 20.3 Å². The Hall–Kier alpha value is -1.95. The predicted octanol–water partition coefficient (Wildman–Crippen LogP) is 4.33. The molecule has 124 valence electrons. The van der Waals surface area contributed by atoms with E-state index < -0.39 is 5.97 Å². The molecule has 0 bridgehead atoms. The minimum atomic E-state index is -0.963.